The Morgan fingerprint density at radius 2 is 2.40 bits per heavy atom. The van der Waals surface area contributed by atoms with Crippen molar-refractivity contribution in [3.8, 4) is 0 Å². The molecule has 4 nitrogen and oxygen atoms in total. The Labute approximate surface area is 60.0 Å². The molecule has 0 amide bonds. The highest BCUT2D eigenvalue weighted by Crippen LogP contribution is 2.41. The zero-order chi connectivity index (χ0) is 7.78. The van der Waals surface area contributed by atoms with E-state index in [9.17, 15) is 4.57 Å². The van der Waals surface area contributed by atoms with Gasteiger partial charge in [0.05, 0.1) is 12.7 Å². The smallest absolute Gasteiger partial charge is 0.305 e. The van der Waals surface area contributed by atoms with Crippen molar-refractivity contribution in [3.63, 3.8) is 0 Å². The average Bonchev–Trinajstić information content (AvgIpc) is 2.13. The standard InChI is InChI=1S/C5H9O4P/c1-4-3-8-5(2,9-4)10(6)7/h4H,3H2,1-2H3/p+1. The van der Waals surface area contributed by atoms with Gasteiger partial charge in [-0.05, 0) is 11.5 Å². The van der Waals surface area contributed by atoms with Crippen LogP contribution in [0.25, 0.3) is 0 Å². The normalized spacial score (nSPS) is 41.9. The van der Waals surface area contributed by atoms with Gasteiger partial charge in [0, 0.05) is 6.92 Å². The Bertz CT molecular complexity index is 160. The molecule has 1 rings (SSSR count). The number of ether oxygens (including phenoxy) is 2. The van der Waals surface area contributed by atoms with Crippen LogP contribution in [0.4, 0.5) is 0 Å². The maximum Gasteiger partial charge on any atom is 0.572 e. The van der Waals surface area contributed by atoms with E-state index in [2.05, 4.69) is 0 Å². The molecule has 1 saturated heterocycles. The van der Waals surface area contributed by atoms with Gasteiger partial charge in [0.25, 0.3) is 0 Å². The first-order valence-corrected chi connectivity index (χ1v) is 4.24. The minimum absolute atomic E-state index is 0.0869. The summed E-state index contributed by atoms with van der Waals surface area (Å²) in [6.07, 6.45) is -0.0869. The molecule has 0 aromatic heterocycles. The quantitative estimate of drug-likeness (QED) is 0.584. The summed E-state index contributed by atoms with van der Waals surface area (Å²) in [7, 11) is -2.40. The number of hydrogen-bond donors (Lipinski definition) is 1. The van der Waals surface area contributed by atoms with Crippen molar-refractivity contribution in [2.45, 2.75) is 25.5 Å². The Morgan fingerprint density at radius 3 is 2.60 bits per heavy atom. The molecule has 1 aliphatic heterocycles. The maximum absolute atomic E-state index is 10.6. The SMILES string of the molecule is CC1COC(C)([P+](=O)O)O1. The Hall–Kier alpha value is -0.0200. The van der Waals surface area contributed by atoms with Gasteiger partial charge in [-0.25, -0.2) is 0 Å². The van der Waals surface area contributed by atoms with Gasteiger partial charge in [-0.1, -0.05) is 0 Å². The van der Waals surface area contributed by atoms with Crippen LogP contribution >= 0.6 is 8.03 Å². The summed E-state index contributed by atoms with van der Waals surface area (Å²) < 4.78 is 20.6. The summed E-state index contributed by atoms with van der Waals surface area (Å²) in [5.41, 5.74) is -1.27. The molecule has 3 unspecified atom stereocenters. The molecular formula is C5H10O4P+. The van der Waals surface area contributed by atoms with Crippen LogP contribution in [0.2, 0.25) is 0 Å². The topological polar surface area (TPSA) is 55.8 Å². The lowest BCUT2D eigenvalue weighted by Gasteiger charge is -2.05. The molecule has 3 atom stereocenters. The fourth-order valence-electron chi connectivity index (χ4n) is 0.814. The largest absolute Gasteiger partial charge is 0.572 e. The monoisotopic (exact) mass is 165 g/mol. The van der Waals surface area contributed by atoms with Crippen molar-refractivity contribution in [1.29, 1.82) is 0 Å². The van der Waals surface area contributed by atoms with Crippen molar-refractivity contribution in [1.82, 2.24) is 0 Å². The molecule has 0 aromatic carbocycles. The van der Waals surface area contributed by atoms with Crippen LogP contribution in [0.3, 0.4) is 0 Å². The van der Waals surface area contributed by atoms with Gasteiger partial charge in [0.15, 0.2) is 0 Å². The summed E-state index contributed by atoms with van der Waals surface area (Å²) in [4.78, 5) is 8.69. The average molecular weight is 165 g/mol. The van der Waals surface area contributed by atoms with Crippen molar-refractivity contribution < 1.29 is 18.9 Å². The fraction of sp³-hybridized carbons (Fsp3) is 1.00. The van der Waals surface area contributed by atoms with Crippen LogP contribution in [0.5, 0.6) is 0 Å². The summed E-state index contributed by atoms with van der Waals surface area (Å²) in [5.74, 6) is 0. The summed E-state index contributed by atoms with van der Waals surface area (Å²) in [6.45, 7) is 3.65. The van der Waals surface area contributed by atoms with E-state index in [4.69, 9.17) is 14.4 Å². The van der Waals surface area contributed by atoms with Crippen LogP contribution in [0.15, 0.2) is 0 Å². The molecule has 0 saturated carbocycles. The lowest BCUT2D eigenvalue weighted by atomic mass is 10.5. The number of hydrogen-bond acceptors (Lipinski definition) is 3. The third-order valence-electron chi connectivity index (χ3n) is 1.35. The first-order chi connectivity index (χ1) is 4.54. The molecule has 1 fully saturated rings. The molecule has 0 aromatic rings. The van der Waals surface area contributed by atoms with Crippen molar-refractivity contribution in [2.24, 2.45) is 0 Å². The molecule has 5 heteroatoms. The van der Waals surface area contributed by atoms with E-state index in [0.29, 0.717) is 6.61 Å². The summed E-state index contributed by atoms with van der Waals surface area (Å²) >= 11 is 0. The first kappa shape index (κ1) is 8.08. The van der Waals surface area contributed by atoms with E-state index < -0.39 is 13.6 Å². The number of rotatable bonds is 1. The van der Waals surface area contributed by atoms with E-state index in [-0.39, 0.29) is 6.10 Å². The van der Waals surface area contributed by atoms with Gasteiger partial charge in [-0.3, -0.25) is 0 Å². The lowest BCUT2D eigenvalue weighted by molar-refractivity contribution is -0.0855. The molecule has 1 N–H and O–H groups in total. The van der Waals surface area contributed by atoms with E-state index >= 15 is 0 Å². The van der Waals surface area contributed by atoms with Crippen LogP contribution in [0, 0.1) is 0 Å². The second-order valence-corrected chi connectivity index (χ2v) is 3.77. The third kappa shape index (κ3) is 1.35. The van der Waals surface area contributed by atoms with Gasteiger partial charge in [-0.2, -0.15) is 4.89 Å². The van der Waals surface area contributed by atoms with Gasteiger partial charge < -0.3 is 9.47 Å². The van der Waals surface area contributed by atoms with Gasteiger partial charge in [0.2, 0.25) is 0 Å². The predicted octanol–water partition coefficient (Wildman–Crippen LogP) is 0.830. The second kappa shape index (κ2) is 2.55. The lowest BCUT2D eigenvalue weighted by Crippen LogP contribution is -2.20. The first-order valence-electron chi connectivity index (χ1n) is 3.02. The highest BCUT2D eigenvalue weighted by Gasteiger charge is 2.53. The molecular weight excluding hydrogens is 155 g/mol. The molecule has 0 radical (unpaired) electrons. The van der Waals surface area contributed by atoms with Gasteiger partial charge >= 0.3 is 13.6 Å². The third-order valence-corrected chi connectivity index (χ3v) is 2.28. The van der Waals surface area contributed by atoms with Crippen LogP contribution in [-0.2, 0) is 14.0 Å². The van der Waals surface area contributed by atoms with Crippen molar-refractivity contribution in [2.75, 3.05) is 6.61 Å². The molecule has 1 aliphatic rings. The summed E-state index contributed by atoms with van der Waals surface area (Å²) in [5, 5.41) is 0. The minimum Gasteiger partial charge on any atom is -0.305 e. The highest BCUT2D eigenvalue weighted by molar-refractivity contribution is 7.39. The molecule has 58 valence electrons. The summed E-state index contributed by atoms with van der Waals surface area (Å²) in [6, 6.07) is 0. The van der Waals surface area contributed by atoms with E-state index in [0.717, 1.165) is 0 Å². The van der Waals surface area contributed by atoms with Crippen LogP contribution in [-0.4, -0.2) is 23.1 Å². The molecule has 0 aliphatic carbocycles. The highest BCUT2D eigenvalue weighted by atomic mass is 31.1. The molecule has 10 heavy (non-hydrogen) atoms. The maximum atomic E-state index is 10.6. The Morgan fingerprint density at radius 1 is 1.80 bits per heavy atom. The molecule has 0 bridgehead atoms. The molecule has 1 heterocycles. The minimum atomic E-state index is -2.40. The fourth-order valence-corrected chi connectivity index (χ4v) is 1.27. The van der Waals surface area contributed by atoms with Gasteiger partial charge in [-0.15, -0.1) is 0 Å². The Kier molecular flexibility index (Phi) is 2.06. The Balaban J connectivity index is 2.63. The van der Waals surface area contributed by atoms with E-state index in [1.165, 1.54) is 6.92 Å². The van der Waals surface area contributed by atoms with Gasteiger partial charge in [0.1, 0.15) is 0 Å². The predicted molar refractivity (Wildman–Crippen MR) is 34.7 cm³/mol. The van der Waals surface area contributed by atoms with E-state index in [1.807, 2.05) is 0 Å². The molecule has 0 spiro atoms. The van der Waals surface area contributed by atoms with Crippen LogP contribution in [0.1, 0.15) is 13.8 Å². The second-order valence-electron chi connectivity index (χ2n) is 2.41. The zero-order valence-electron chi connectivity index (χ0n) is 5.90. The van der Waals surface area contributed by atoms with Crippen molar-refractivity contribution >= 4 is 8.03 Å². The van der Waals surface area contributed by atoms with Crippen LogP contribution < -0.4 is 0 Å². The van der Waals surface area contributed by atoms with Crippen molar-refractivity contribution in [3.05, 3.63) is 0 Å². The van der Waals surface area contributed by atoms with E-state index in [1.54, 1.807) is 6.92 Å². The zero-order valence-corrected chi connectivity index (χ0v) is 6.80.